The molecule has 1 aliphatic rings. The second-order valence-electron chi connectivity index (χ2n) is 5.01. The van der Waals surface area contributed by atoms with Crippen LogP contribution < -0.4 is 10.6 Å². The van der Waals surface area contributed by atoms with Crippen LogP contribution in [0, 0.1) is 0 Å². The van der Waals surface area contributed by atoms with Gasteiger partial charge in [0.15, 0.2) is 0 Å². The first-order chi connectivity index (χ1) is 7.49. The van der Waals surface area contributed by atoms with Gasteiger partial charge in [-0.2, -0.15) is 0 Å². The van der Waals surface area contributed by atoms with Crippen molar-refractivity contribution in [1.29, 1.82) is 0 Å². The summed E-state index contributed by atoms with van der Waals surface area (Å²) in [6.07, 6.45) is 0.975. The van der Waals surface area contributed by atoms with Crippen LogP contribution in [-0.2, 0) is 0 Å². The van der Waals surface area contributed by atoms with Crippen molar-refractivity contribution in [2.24, 2.45) is 0 Å². The van der Waals surface area contributed by atoms with Crippen molar-refractivity contribution in [3.05, 3.63) is 0 Å². The highest BCUT2D eigenvalue weighted by molar-refractivity contribution is 5.65. The van der Waals surface area contributed by atoms with Gasteiger partial charge in [-0.3, -0.25) is 0 Å². The standard InChI is InChI=1S/C11H23N3O2/c1-11(2,13-10(15)16)4-3-7-14-8-5-12-6-9-14/h12-13H,3-9H2,1-2H3,(H,15,16). The van der Waals surface area contributed by atoms with Crippen molar-refractivity contribution in [1.82, 2.24) is 15.5 Å². The Bertz CT molecular complexity index is 225. The maximum Gasteiger partial charge on any atom is 0.405 e. The summed E-state index contributed by atoms with van der Waals surface area (Å²) >= 11 is 0. The molecule has 0 bridgehead atoms. The Morgan fingerprint density at radius 1 is 1.44 bits per heavy atom. The topological polar surface area (TPSA) is 64.6 Å². The van der Waals surface area contributed by atoms with E-state index in [1.54, 1.807) is 0 Å². The third-order valence-electron chi connectivity index (χ3n) is 2.93. The van der Waals surface area contributed by atoms with Gasteiger partial charge in [-0.05, 0) is 33.2 Å². The molecule has 3 N–H and O–H groups in total. The van der Waals surface area contributed by atoms with Gasteiger partial charge in [-0.1, -0.05) is 0 Å². The molecule has 0 aromatic heterocycles. The summed E-state index contributed by atoms with van der Waals surface area (Å²) in [5.41, 5.74) is -0.320. The molecule has 1 aliphatic heterocycles. The number of hydrogen-bond donors (Lipinski definition) is 3. The van der Waals surface area contributed by atoms with Gasteiger partial charge in [-0.25, -0.2) is 4.79 Å². The first-order valence-corrected chi connectivity index (χ1v) is 5.94. The minimum atomic E-state index is -0.938. The Labute approximate surface area is 97.2 Å². The molecule has 0 radical (unpaired) electrons. The molecule has 5 heteroatoms. The van der Waals surface area contributed by atoms with Crippen molar-refractivity contribution in [3.8, 4) is 0 Å². The Hall–Kier alpha value is -0.810. The first-order valence-electron chi connectivity index (χ1n) is 5.94. The van der Waals surface area contributed by atoms with E-state index in [9.17, 15) is 4.79 Å². The molecular formula is C11H23N3O2. The lowest BCUT2D eigenvalue weighted by Gasteiger charge is -2.29. The van der Waals surface area contributed by atoms with Crippen molar-refractivity contribution in [2.75, 3.05) is 32.7 Å². The van der Waals surface area contributed by atoms with E-state index in [0.29, 0.717) is 0 Å². The molecule has 0 atom stereocenters. The fourth-order valence-electron chi connectivity index (χ4n) is 2.03. The van der Waals surface area contributed by atoms with Crippen molar-refractivity contribution >= 4 is 6.09 Å². The summed E-state index contributed by atoms with van der Waals surface area (Å²) in [5.74, 6) is 0. The SMILES string of the molecule is CC(C)(CCCN1CCNCC1)NC(=O)O. The highest BCUT2D eigenvalue weighted by Crippen LogP contribution is 2.11. The fraction of sp³-hybridized carbons (Fsp3) is 0.909. The minimum Gasteiger partial charge on any atom is -0.465 e. The molecule has 0 saturated carbocycles. The molecule has 0 aromatic rings. The molecule has 1 saturated heterocycles. The van der Waals surface area contributed by atoms with Gasteiger partial charge in [0, 0.05) is 31.7 Å². The molecule has 16 heavy (non-hydrogen) atoms. The predicted molar refractivity (Wildman–Crippen MR) is 63.8 cm³/mol. The third kappa shape index (κ3) is 5.32. The summed E-state index contributed by atoms with van der Waals surface area (Å²) < 4.78 is 0. The van der Waals surface area contributed by atoms with Gasteiger partial charge in [0.05, 0.1) is 0 Å². The van der Waals surface area contributed by atoms with Crippen LogP contribution in [0.25, 0.3) is 0 Å². The fourth-order valence-corrected chi connectivity index (χ4v) is 2.03. The van der Waals surface area contributed by atoms with E-state index in [1.165, 1.54) is 0 Å². The van der Waals surface area contributed by atoms with Gasteiger partial charge in [0.1, 0.15) is 0 Å². The summed E-state index contributed by atoms with van der Waals surface area (Å²) in [6, 6.07) is 0. The summed E-state index contributed by atoms with van der Waals surface area (Å²) in [7, 11) is 0. The van der Waals surface area contributed by atoms with Crippen LogP contribution in [0.5, 0.6) is 0 Å². The maximum atomic E-state index is 10.5. The number of nitrogens with one attached hydrogen (secondary N) is 2. The van der Waals surface area contributed by atoms with Gasteiger partial charge >= 0.3 is 6.09 Å². The number of rotatable bonds is 5. The molecule has 94 valence electrons. The van der Waals surface area contributed by atoms with Gasteiger partial charge in [0.25, 0.3) is 0 Å². The Kier molecular flexibility index (Phi) is 5.02. The Balaban J connectivity index is 2.15. The van der Waals surface area contributed by atoms with E-state index in [4.69, 9.17) is 5.11 Å². The normalized spacial score (nSPS) is 18.4. The van der Waals surface area contributed by atoms with Crippen LogP contribution in [0.4, 0.5) is 4.79 Å². The predicted octanol–water partition coefficient (Wildman–Crippen LogP) is 0.718. The molecule has 0 spiro atoms. The lowest BCUT2D eigenvalue weighted by atomic mass is 9.98. The van der Waals surface area contributed by atoms with Crippen LogP contribution in [0.3, 0.4) is 0 Å². The van der Waals surface area contributed by atoms with E-state index in [-0.39, 0.29) is 5.54 Å². The summed E-state index contributed by atoms with van der Waals surface area (Å²) in [6.45, 7) is 9.26. The minimum absolute atomic E-state index is 0.320. The molecule has 0 aromatic carbocycles. The van der Waals surface area contributed by atoms with E-state index >= 15 is 0 Å². The number of amides is 1. The summed E-state index contributed by atoms with van der Waals surface area (Å²) in [4.78, 5) is 13.0. The molecule has 1 rings (SSSR count). The number of hydrogen-bond acceptors (Lipinski definition) is 3. The number of carboxylic acid groups (broad SMARTS) is 1. The summed E-state index contributed by atoms with van der Waals surface area (Å²) in [5, 5.41) is 14.5. The first kappa shape index (κ1) is 13.3. The van der Waals surface area contributed by atoms with Crippen LogP contribution in [0.2, 0.25) is 0 Å². The number of nitrogens with zero attached hydrogens (tertiary/aromatic N) is 1. The second kappa shape index (κ2) is 6.06. The monoisotopic (exact) mass is 229 g/mol. The zero-order chi connectivity index (χ0) is 12.0. The van der Waals surface area contributed by atoms with Crippen molar-refractivity contribution in [2.45, 2.75) is 32.2 Å². The Morgan fingerprint density at radius 3 is 2.62 bits per heavy atom. The lowest BCUT2D eigenvalue weighted by Crippen LogP contribution is -2.45. The molecule has 1 fully saturated rings. The van der Waals surface area contributed by atoms with Crippen LogP contribution >= 0.6 is 0 Å². The van der Waals surface area contributed by atoms with Crippen LogP contribution in [0.15, 0.2) is 0 Å². The average Bonchev–Trinajstić information content (AvgIpc) is 2.16. The molecule has 0 aliphatic carbocycles. The number of carbonyl (C=O) groups is 1. The van der Waals surface area contributed by atoms with Gasteiger partial charge in [0.2, 0.25) is 0 Å². The van der Waals surface area contributed by atoms with E-state index in [0.717, 1.165) is 45.6 Å². The highest BCUT2D eigenvalue weighted by atomic mass is 16.4. The Morgan fingerprint density at radius 2 is 2.06 bits per heavy atom. The van der Waals surface area contributed by atoms with Crippen LogP contribution in [-0.4, -0.2) is 54.4 Å². The molecule has 1 amide bonds. The smallest absolute Gasteiger partial charge is 0.405 e. The van der Waals surface area contributed by atoms with Gasteiger partial charge in [-0.15, -0.1) is 0 Å². The van der Waals surface area contributed by atoms with Crippen molar-refractivity contribution < 1.29 is 9.90 Å². The van der Waals surface area contributed by atoms with E-state index in [2.05, 4.69) is 15.5 Å². The quantitative estimate of drug-likeness (QED) is 0.650. The highest BCUT2D eigenvalue weighted by Gasteiger charge is 2.20. The van der Waals surface area contributed by atoms with Crippen molar-refractivity contribution in [3.63, 3.8) is 0 Å². The zero-order valence-electron chi connectivity index (χ0n) is 10.3. The number of piperazine rings is 1. The molecule has 1 heterocycles. The van der Waals surface area contributed by atoms with Crippen LogP contribution in [0.1, 0.15) is 26.7 Å². The molecule has 0 unspecified atom stereocenters. The molecule has 5 nitrogen and oxygen atoms in total. The largest absolute Gasteiger partial charge is 0.465 e. The van der Waals surface area contributed by atoms with E-state index in [1.807, 2.05) is 13.8 Å². The zero-order valence-corrected chi connectivity index (χ0v) is 10.3. The van der Waals surface area contributed by atoms with Gasteiger partial charge < -0.3 is 20.6 Å². The molecular weight excluding hydrogens is 206 g/mol. The van der Waals surface area contributed by atoms with E-state index < -0.39 is 6.09 Å². The second-order valence-corrected chi connectivity index (χ2v) is 5.01. The lowest BCUT2D eigenvalue weighted by molar-refractivity contribution is 0.177. The average molecular weight is 229 g/mol. The third-order valence-corrected chi connectivity index (χ3v) is 2.93. The maximum absolute atomic E-state index is 10.5.